The third kappa shape index (κ3) is 5.62. The smallest absolute Gasteiger partial charge is 0.191 e. The van der Waals surface area contributed by atoms with Crippen LogP contribution in [0.2, 0.25) is 0 Å². The Morgan fingerprint density at radius 3 is 2.83 bits per heavy atom. The number of benzene rings is 1. The van der Waals surface area contributed by atoms with Gasteiger partial charge in [0.2, 0.25) is 0 Å². The molecule has 0 aliphatic carbocycles. The second-order valence-corrected chi connectivity index (χ2v) is 5.23. The normalized spacial score (nSPS) is 11.4. The van der Waals surface area contributed by atoms with Crippen LogP contribution in [-0.2, 0) is 24.4 Å². The zero-order valence-corrected chi connectivity index (χ0v) is 14.1. The first-order valence-corrected chi connectivity index (χ1v) is 7.91. The van der Waals surface area contributed by atoms with E-state index in [2.05, 4.69) is 20.6 Å². The third-order valence-corrected chi connectivity index (χ3v) is 3.34. The fraction of sp³-hybridized carbons (Fsp3) is 0.333. The fourth-order valence-corrected chi connectivity index (χ4v) is 2.18. The summed E-state index contributed by atoms with van der Waals surface area (Å²) >= 11 is 0. The topological polar surface area (TPSA) is 58.5 Å². The summed E-state index contributed by atoms with van der Waals surface area (Å²) in [6.07, 6.45) is 1.76. The summed E-state index contributed by atoms with van der Waals surface area (Å²) < 4.78 is 18.6. The number of nitrogens with one attached hydrogen (secondary N) is 2. The van der Waals surface area contributed by atoms with E-state index in [9.17, 15) is 4.39 Å². The van der Waals surface area contributed by atoms with Crippen molar-refractivity contribution in [2.24, 2.45) is 4.99 Å². The Morgan fingerprint density at radius 1 is 1.25 bits per heavy atom. The summed E-state index contributed by atoms with van der Waals surface area (Å²) in [7, 11) is 1.55. The average Bonchev–Trinajstić information content (AvgIpc) is 2.61. The Bertz CT molecular complexity index is 661. The SMILES string of the molecule is CCNC(=NCc1ccc(F)c(COC)c1)NCc1ccccn1. The van der Waals surface area contributed by atoms with E-state index in [4.69, 9.17) is 4.74 Å². The lowest BCUT2D eigenvalue weighted by Gasteiger charge is -2.11. The number of nitrogens with zero attached hydrogens (tertiary/aromatic N) is 2. The highest BCUT2D eigenvalue weighted by molar-refractivity contribution is 5.79. The molecule has 0 atom stereocenters. The molecule has 0 aliphatic heterocycles. The van der Waals surface area contributed by atoms with Crippen molar-refractivity contribution in [3.63, 3.8) is 0 Å². The highest BCUT2D eigenvalue weighted by atomic mass is 19.1. The number of pyridine rings is 1. The number of guanidine groups is 1. The molecular formula is C18H23FN4O. The summed E-state index contributed by atoms with van der Waals surface area (Å²) in [4.78, 5) is 8.80. The molecule has 2 rings (SSSR count). The van der Waals surface area contributed by atoms with Crippen LogP contribution >= 0.6 is 0 Å². The fourth-order valence-electron chi connectivity index (χ4n) is 2.18. The second kappa shape index (κ2) is 9.62. The van der Waals surface area contributed by atoms with Crippen LogP contribution in [0.3, 0.4) is 0 Å². The molecule has 2 aromatic rings. The van der Waals surface area contributed by atoms with Gasteiger partial charge in [-0.3, -0.25) is 4.98 Å². The van der Waals surface area contributed by atoms with Crippen LogP contribution in [0.25, 0.3) is 0 Å². The van der Waals surface area contributed by atoms with Gasteiger partial charge in [0.25, 0.3) is 0 Å². The average molecular weight is 330 g/mol. The maximum Gasteiger partial charge on any atom is 0.191 e. The van der Waals surface area contributed by atoms with Crippen molar-refractivity contribution in [1.29, 1.82) is 0 Å². The van der Waals surface area contributed by atoms with Gasteiger partial charge in [-0.15, -0.1) is 0 Å². The number of aromatic nitrogens is 1. The van der Waals surface area contributed by atoms with Gasteiger partial charge in [0.15, 0.2) is 5.96 Å². The molecule has 0 unspecified atom stereocenters. The molecule has 2 N–H and O–H groups in total. The molecular weight excluding hydrogens is 307 g/mol. The van der Waals surface area contributed by atoms with E-state index in [0.717, 1.165) is 17.8 Å². The summed E-state index contributed by atoms with van der Waals surface area (Å²) in [5.74, 6) is 0.436. The highest BCUT2D eigenvalue weighted by Crippen LogP contribution is 2.12. The van der Waals surface area contributed by atoms with Crippen LogP contribution in [0, 0.1) is 5.82 Å². The van der Waals surface area contributed by atoms with Crippen LogP contribution < -0.4 is 10.6 Å². The van der Waals surface area contributed by atoms with Gasteiger partial charge in [-0.05, 0) is 36.8 Å². The van der Waals surface area contributed by atoms with Crippen LogP contribution in [0.1, 0.15) is 23.7 Å². The van der Waals surface area contributed by atoms with E-state index in [1.54, 1.807) is 25.4 Å². The first-order valence-electron chi connectivity index (χ1n) is 7.91. The lowest BCUT2D eigenvalue weighted by molar-refractivity contribution is 0.181. The van der Waals surface area contributed by atoms with Gasteiger partial charge in [-0.2, -0.15) is 0 Å². The lowest BCUT2D eigenvalue weighted by atomic mass is 10.1. The van der Waals surface area contributed by atoms with E-state index >= 15 is 0 Å². The predicted octanol–water partition coefficient (Wildman–Crippen LogP) is 2.62. The summed E-state index contributed by atoms with van der Waals surface area (Å²) in [6, 6.07) is 10.8. The molecule has 1 heterocycles. The minimum absolute atomic E-state index is 0.251. The van der Waals surface area contributed by atoms with E-state index in [0.29, 0.717) is 24.6 Å². The molecule has 24 heavy (non-hydrogen) atoms. The summed E-state index contributed by atoms with van der Waals surface area (Å²) in [5, 5.41) is 6.42. The van der Waals surface area contributed by atoms with Crippen molar-refractivity contribution in [3.05, 3.63) is 65.2 Å². The van der Waals surface area contributed by atoms with Gasteiger partial charge in [0.05, 0.1) is 25.4 Å². The number of halogens is 1. The van der Waals surface area contributed by atoms with Gasteiger partial charge in [0, 0.05) is 25.4 Å². The predicted molar refractivity (Wildman–Crippen MR) is 93.0 cm³/mol. The van der Waals surface area contributed by atoms with Crippen molar-refractivity contribution in [2.45, 2.75) is 26.6 Å². The summed E-state index contributed by atoms with van der Waals surface area (Å²) in [6.45, 7) is 4.06. The zero-order valence-electron chi connectivity index (χ0n) is 14.1. The maximum absolute atomic E-state index is 13.6. The van der Waals surface area contributed by atoms with Crippen LogP contribution in [0.15, 0.2) is 47.6 Å². The first-order chi connectivity index (χ1) is 11.7. The van der Waals surface area contributed by atoms with Gasteiger partial charge in [0.1, 0.15) is 5.82 Å². The molecule has 0 saturated carbocycles. The summed E-state index contributed by atoms with van der Waals surface area (Å²) in [5.41, 5.74) is 2.41. The molecule has 128 valence electrons. The van der Waals surface area contributed by atoms with Gasteiger partial charge < -0.3 is 15.4 Å². The zero-order chi connectivity index (χ0) is 17.2. The Balaban J connectivity index is 2.01. The molecule has 0 radical (unpaired) electrons. The van der Waals surface area contributed by atoms with Gasteiger partial charge >= 0.3 is 0 Å². The first kappa shape index (κ1) is 17.9. The quantitative estimate of drug-likeness (QED) is 0.605. The number of hydrogen-bond donors (Lipinski definition) is 2. The number of methoxy groups -OCH3 is 1. The third-order valence-electron chi connectivity index (χ3n) is 3.34. The molecule has 1 aromatic carbocycles. The highest BCUT2D eigenvalue weighted by Gasteiger charge is 2.04. The van der Waals surface area contributed by atoms with Crippen molar-refractivity contribution >= 4 is 5.96 Å². The number of aliphatic imine (C=N–C) groups is 1. The molecule has 0 bridgehead atoms. The van der Waals surface area contributed by atoms with Crippen molar-refractivity contribution < 1.29 is 9.13 Å². The Labute approximate surface area is 142 Å². The van der Waals surface area contributed by atoms with Crippen molar-refractivity contribution in [2.75, 3.05) is 13.7 Å². The second-order valence-electron chi connectivity index (χ2n) is 5.23. The molecule has 0 saturated heterocycles. The number of rotatable bonds is 7. The van der Waals surface area contributed by atoms with Crippen LogP contribution in [0.4, 0.5) is 4.39 Å². The van der Waals surface area contributed by atoms with E-state index in [-0.39, 0.29) is 12.4 Å². The minimum Gasteiger partial charge on any atom is -0.380 e. The molecule has 0 spiro atoms. The molecule has 0 amide bonds. The molecule has 0 aliphatic rings. The molecule has 5 nitrogen and oxygen atoms in total. The van der Waals surface area contributed by atoms with E-state index in [1.165, 1.54) is 6.07 Å². The van der Waals surface area contributed by atoms with Crippen molar-refractivity contribution in [1.82, 2.24) is 15.6 Å². The largest absolute Gasteiger partial charge is 0.380 e. The van der Waals surface area contributed by atoms with Crippen molar-refractivity contribution in [3.8, 4) is 0 Å². The lowest BCUT2D eigenvalue weighted by Crippen LogP contribution is -2.37. The van der Waals surface area contributed by atoms with Gasteiger partial charge in [-0.25, -0.2) is 9.38 Å². The Hall–Kier alpha value is -2.47. The monoisotopic (exact) mass is 330 g/mol. The standard InChI is InChI=1S/C18H23FN4O/c1-3-20-18(23-12-16-6-4-5-9-21-16)22-11-14-7-8-17(19)15(10-14)13-24-2/h4-10H,3,11-13H2,1-2H3,(H2,20,22,23). The molecule has 6 heteroatoms. The Morgan fingerprint density at radius 2 is 2.12 bits per heavy atom. The molecule has 1 aromatic heterocycles. The Kier molecular flexibility index (Phi) is 7.17. The van der Waals surface area contributed by atoms with E-state index in [1.807, 2.05) is 25.1 Å². The van der Waals surface area contributed by atoms with Gasteiger partial charge in [-0.1, -0.05) is 12.1 Å². The minimum atomic E-state index is -0.259. The van der Waals surface area contributed by atoms with Crippen LogP contribution in [-0.4, -0.2) is 24.6 Å². The van der Waals surface area contributed by atoms with E-state index < -0.39 is 0 Å². The number of ether oxygens (including phenoxy) is 1. The maximum atomic E-state index is 13.6. The number of hydrogen-bond acceptors (Lipinski definition) is 3. The molecule has 0 fully saturated rings. The van der Waals surface area contributed by atoms with Crippen LogP contribution in [0.5, 0.6) is 0 Å².